The Labute approximate surface area is 105 Å². The van der Waals surface area contributed by atoms with Crippen molar-refractivity contribution < 1.29 is 9.59 Å². The lowest BCUT2D eigenvalue weighted by Crippen LogP contribution is -2.30. The fraction of sp³-hybridized carbons (Fsp3) is 0.273. The summed E-state index contributed by atoms with van der Waals surface area (Å²) in [6.07, 6.45) is 1.05. The molecule has 0 unspecified atom stereocenters. The van der Waals surface area contributed by atoms with Crippen LogP contribution in [0.1, 0.15) is 23.2 Å². The second-order valence-electron chi connectivity index (χ2n) is 3.65. The highest BCUT2D eigenvalue weighted by Gasteiger charge is 2.02. The van der Waals surface area contributed by atoms with Crippen LogP contribution in [0.2, 0.25) is 0 Å². The number of amides is 2. The number of hydrogen-bond donors (Lipinski definition) is 5. The lowest BCUT2D eigenvalue weighted by molar-refractivity contribution is -0.121. The third-order valence-corrected chi connectivity index (χ3v) is 2.35. The number of hydrazine groups is 2. The zero-order chi connectivity index (χ0) is 13.4. The van der Waals surface area contributed by atoms with E-state index in [9.17, 15) is 9.59 Å². The number of carbonyl (C=O) groups is 2. The monoisotopic (exact) mass is 251 g/mol. The Kier molecular flexibility index (Phi) is 5.62. The van der Waals surface area contributed by atoms with E-state index in [4.69, 9.17) is 11.7 Å². The van der Waals surface area contributed by atoms with E-state index in [1.807, 2.05) is 0 Å². The number of hydrogen-bond acceptors (Lipinski definition) is 5. The molecule has 0 aromatic heterocycles. The van der Waals surface area contributed by atoms with Crippen LogP contribution >= 0.6 is 0 Å². The normalized spacial score (nSPS) is 9.67. The Morgan fingerprint density at radius 3 is 2.28 bits per heavy atom. The first kappa shape index (κ1) is 13.9. The van der Waals surface area contributed by atoms with Crippen molar-refractivity contribution >= 4 is 17.5 Å². The van der Waals surface area contributed by atoms with Gasteiger partial charge in [0.15, 0.2) is 0 Å². The Hall–Kier alpha value is -2.12. The summed E-state index contributed by atoms with van der Waals surface area (Å²) < 4.78 is 0. The topological polar surface area (TPSA) is 122 Å². The lowest BCUT2D eigenvalue weighted by atomic mass is 10.2. The summed E-state index contributed by atoms with van der Waals surface area (Å²) >= 11 is 0. The summed E-state index contributed by atoms with van der Waals surface area (Å²) in [5.41, 5.74) is 5.49. The smallest absolute Gasteiger partial charge is 0.265 e. The van der Waals surface area contributed by atoms with E-state index in [0.717, 1.165) is 5.69 Å². The molecule has 0 aliphatic heterocycles. The fourth-order valence-corrected chi connectivity index (χ4v) is 1.38. The average Bonchev–Trinajstić information content (AvgIpc) is 2.43. The van der Waals surface area contributed by atoms with Crippen LogP contribution < -0.4 is 27.9 Å². The van der Waals surface area contributed by atoms with E-state index < -0.39 is 0 Å². The van der Waals surface area contributed by atoms with Crippen molar-refractivity contribution in [2.75, 3.05) is 11.9 Å². The average molecular weight is 251 g/mol. The fourth-order valence-electron chi connectivity index (χ4n) is 1.38. The summed E-state index contributed by atoms with van der Waals surface area (Å²) in [6.45, 7) is 0.649. The molecular weight excluding hydrogens is 234 g/mol. The van der Waals surface area contributed by atoms with Crippen molar-refractivity contribution in [1.29, 1.82) is 0 Å². The molecule has 0 heterocycles. The van der Waals surface area contributed by atoms with Crippen LogP contribution in [0.4, 0.5) is 5.69 Å². The molecule has 1 aromatic rings. The van der Waals surface area contributed by atoms with Crippen LogP contribution in [0.5, 0.6) is 0 Å². The predicted octanol–water partition coefficient (Wildman–Crippen LogP) is -0.528. The summed E-state index contributed by atoms with van der Waals surface area (Å²) in [6, 6.07) is 6.87. The van der Waals surface area contributed by atoms with Crippen LogP contribution in [0.3, 0.4) is 0 Å². The van der Waals surface area contributed by atoms with Crippen LogP contribution in [-0.2, 0) is 4.79 Å². The second kappa shape index (κ2) is 7.25. The van der Waals surface area contributed by atoms with Gasteiger partial charge in [-0.25, -0.2) is 11.7 Å². The molecule has 7 N–H and O–H groups in total. The number of nitrogens with two attached hydrogens (primary N) is 2. The van der Waals surface area contributed by atoms with Gasteiger partial charge < -0.3 is 5.32 Å². The molecule has 2 amide bonds. The van der Waals surface area contributed by atoms with E-state index in [2.05, 4.69) is 16.2 Å². The van der Waals surface area contributed by atoms with Gasteiger partial charge in [-0.1, -0.05) is 0 Å². The van der Waals surface area contributed by atoms with Gasteiger partial charge in [0.2, 0.25) is 5.91 Å². The summed E-state index contributed by atoms with van der Waals surface area (Å²) in [7, 11) is 0. The molecule has 7 heteroatoms. The van der Waals surface area contributed by atoms with E-state index >= 15 is 0 Å². The lowest BCUT2D eigenvalue weighted by Gasteiger charge is -2.06. The minimum absolute atomic E-state index is 0.188. The molecule has 0 aliphatic rings. The van der Waals surface area contributed by atoms with Crippen molar-refractivity contribution in [2.45, 2.75) is 12.8 Å². The number of rotatable bonds is 6. The molecule has 0 saturated carbocycles. The molecule has 0 saturated heterocycles. The number of benzene rings is 1. The van der Waals surface area contributed by atoms with Gasteiger partial charge in [-0.05, 0) is 30.7 Å². The molecule has 0 bridgehead atoms. The molecule has 0 radical (unpaired) electrons. The standard InChI is InChI=1S/C11H17N5O2/c12-15-10(17)2-1-7-14-9-5-3-8(4-6-9)11(18)16-13/h3-6,14H,1-2,7,12-13H2,(H,15,17)(H,16,18). The minimum Gasteiger partial charge on any atom is -0.385 e. The van der Waals surface area contributed by atoms with Crippen LogP contribution in [-0.4, -0.2) is 18.4 Å². The van der Waals surface area contributed by atoms with Gasteiger partial charge in [0.25, 0.3) is 5.91 Å². The highest BCUT2D eigenvalue weighted by molar-refractivity contribution is 5.94. The van der Waals surface area contributed by atoms with Gasteiger partial charge in [-0.3, -0.25) is 20.4 Å². The maximum Gasteiger partial charge on any atom is 0.265 e. The minimum atomic E-state index is -0.332. The van der Waals surface area contributed by atoms with Crippen molar-refractivity contribution in [3.63, 3.8) is 0 Å². The first-order valence-electron chi connectivity index (χ1n) is 5.51. The van der Waals surface area contributed by atoms with Crippen LogP contribution in [0.15, 0.2) is 24.3 Å². The Bertz CT molecular complexity index is 404. The van der Waals surface area contributed by atoms with Crippen molar-refractivity contribution in [3.8, 4) is 0 Å². The molecule has 18 heavy (non-hydrogen) atoms. The number of nitrogens with one attached hydrogen (secondary N) is 3. The SMILES string of the molecule is NNC(=O)CCCNc1ccc(C(=O)NN)cc1. The van der Waals surface area contributed by atoms with Gasteiger partial charge in [0.1, 0.15) is 0 Å². The first-order valence-corrected chi connectivity index (χ1v) is 5.51. The number of nitrogen functional groups attached to an aromatic ring is 1. The van der Waals surface area contributed by atoms with Gasteiger partial charge in [0.05, 0.1) is 0 Å². The van der Waals surface area contributed by atoms with E-state index in [0.29, 0.717) is 24.9 Å². The molecule has 0 aliphatic carbocycles. The zero-order valence-corrected chi connectivity index (χ0v) is 9.90. The molecule has 7 nitrogen and oxygen atoms in total. The van der Waals surface area contributed by atoms with Crippen molar-refractivity contribution in [1.82, 2.24) is 10.9 Å². The Balaban J connectivity index is 2.35. The maximum atomic E-state index is 11.2. The molecule has 0 spiro atoms. The van der Waals surface area contributed by atoms with E-state index in [1.165, 1.54) is 0 Å². The van der Waals surface area contributed by atoms with Gasteiger partial charge in [-0.15, -0.1) is 0 Å². The van der Waals surface area contributed by atoms with Crippen molar-refractivity contribution in [2.24, 2.45) is 11.7 Å². The zero-order valence-electron chi connectivity index (χ0n) is 9.90. The summed E-state index contributed by atoms with van der Waals surface area (Å²) in [5.74, 6) is 9.45. The third-order valence-electron chi connectivity index (χ3n) is 2.35. The maximum absolute atomic E-state index is 11.2. The molecule has 1 rings (SSSR count). The Morgan fingerprint density at radius 1 is 1.06 bits per heavy atom. The quantitative estimate of drug-likeness (QED) is 0.201. The number of carbonyl (C=O) groups excluding carboxylic acids is 2. The number of anilines is 1. The second-order valence-corrected chi connectivity index (χ2v) is 3.65. The van der Waals surface area contributed by atoms with E-state index in [-0.39, 0.29) is 11.8 Å². The van der Waals surface area contributed by atoms with Crippen LogP contribution in [0, 0.1) is 0 Å². The van der Waals surface area contributed by atoms with Gasteiger partial charge in [-0.2, -0.15) is 0 Å². The Morgan fingerprint density at radius 2 is 1.72 bits per heavy atom. The van der Waals surface area contributed by atoms with E-state index in [1.54, 1.807) is 24.3 Å². The van der Waals surface area contributed by atoms with Gasteiger partial charge in [0, 0.05) is 24.2 Å². The predicted molar refractivity (Wildman–Crippen MR) is 68.1 cm³/mol. The summed E-state index contributed by atoms with van der Waals surface area (Å²) in [5, 5.41) is 3.12. The molecule has 0 fully saturated rings. The van der Waals surface area contributed by atoms with Crippen LogP contribution in [0.25, 0.3) is 0 Å². The first-order chi connectivity index (χ1) is 8.67. The molecule has 98 valence electrons. The molecule has 1 aromatic carbocycles. The highest BCUT2D eigenvalue weighted by Crippen LogP contribution is 2.09. The molecular formula is C11H17N5O2. The summed E-state index contributed by atoms with van der Waals surface area (Å²) in [4.78, 5) is 22.0. The van der Waals surface area contributed by atoms with Crippen molar-refractivity contribution in [3.05, 3.63) is 29.8 Å². The largest absolute Gasteiger partial charge is 0.385 e. The highest BCUT2D eigenvalue weighted by atomic mass is 16.2. The molecule has 0 atom stereocenters. The van der Waals surface area contributed by atoms with Gasteiger partial charge >= 0.3 is 0 Å². The third kappa shape index (κ3) is 4.40.